The fourth-order valence-electron chi connectivity index (χ4n) is 12.2. The molecule has 0 N–H and O–H groups in total. The fraction of sp³-hybridized carbons (Fsp3) is 0. The van der Waals surface area contributed by atoms with Crippen LogP contribution < -0.4 is 19.3 Å². The van der Waals surface area contributed by atoms with E-state index in [9.17, 15) is 0 Å². The number of anilines is 6. The first-order chi connectivity index (χ1) is 41.6. The molecule has 0 fully saturated rings. The minimum atomic E-state index is 0.402. The summed E-state index contributed by atoms with van der Waals surface area (Å²) >= 11 is 0. The van der Waals surface area contributed by atoms with Crippen molar-refractivity contribution < 1.29 is 9.47 Å². The maximum atomic E-state index is 6.57. The number of para-hydroxylation sites is 10. The Bertz CT molecular complexity index is 4830. The minimum Gasteiger partial charge on any atom is -0.453 e. The Labute approximate surface area is 481 Å². The van der Waals surface area contributed by atoms with Crippen molar-refractivity contribution >= 4 is 78.3 Å². The summed E-state index contributed by atoms with van der Waals surface area (Å²) in [6.07, 6.45) is 0. The van der Waals surface area contributed by atoms with Crippen LogP contribution in [0.5, 0.6) is 23.0 Å². The van der Waals surface area contributed by atoms with E-state index in [1.807, 2.05) is 109 Å². The van der Waals surface area contributed by atoms with Crippen LogP contribution in [0.25, 0.3) is 100 Å². The zero-order valence-electron chi connectivity index (χ0n) is 44.8. The summed E-state index contributed by atoms with van der Waals surface area (Å²) in [6.45, 7) is 0. The standard InChI is InChI=1S/C73H45N9O2/c1-3-21-46(22-4-1)54-27-19-29-56(74-54)48-43-49(57-30-20-28-55(75-57)47-23-5-2-6-24-47)45-50(44-48)79-59-32-10-8-26-53(59)69-64(79)42-41-52-51-25-7-9-31-58(51)82(70(52)69)73-77-71(80-60-33-11-15-37-65(60)83-66-38-16-12-34-61(66)80)76-72(78-73)81-62-35-13-17-39-67(62)84-68-40-18-14-36-63(68)81/h1-45H. The predicted molar refractivity (Wildman–Crippen MR) is 335 cm³/mol. The van der Waals surface area contributed by atoms with Crippen molar-refractivity contribution in [1.29, 1.82) is 0 Å². The van der Waals surface area contributed by atoms with E-state index in [-0.39, 0.29) is 0 Å². The van der Waals surface area contributed by atoms with Crippen LogP contribution in [-0.4, -0.2) is 34.1 Å². The van der Waals surface area contributed by atoms with E-state index in [0.29, 0.717) is 40.8 Å². The minimum absolute atomic E-state index is 0.402. The van der Waals surface area contributed by atoms with Gasteiger partial charge in [0.05, 0.1) is 67.6 Å². The maximum absolute atomic E-state index is 6.57. The monoisotopic (exact) mass is 1080 g/mol. The molecule has 84 heavy (non-hydrogen) atoms. The van der Waals surface area contributed by atoms with Gasteiger partial charge in [0.15, 0.2) is 23.0 Å². The van der Waals surface area contributed by atoms with Crippen LogP contribution in [0.2, 0.25) is 0 Å². The van der Waals surface area contributed by atoms with Gasteiger partial charge in [-0.25, -0.2) is 9.97 Å². The molecule has 0 aliphatic carbocycles. The van der Waals surface area contributed by atoms with Gasteiger partial charge in [-0.2, -0.15) is 15.0 Å². The van der Waals surface area contributed by atoms with Gasteiger partial charge in [-0.3, -0.25) is 14.4 Å². The number of hydrogen-bond donors (Lipinski definition) is 0. The molecule has 394 valence electrons. The zero-order chi connectivity index (χ0) is 55.2. The van der Waals surface area contributed by atoms with Crippen molar-refractivity contribution in [1.82, 2.24) is 34.1 Å². The van der Waals surface area contributed by atoms with Gasteiger partial charge >= 0.3 is 0 Å². The van der Waals surface area contributed by atoms with Crippen molar-refractivity contribution in [2.45, 2.75) is 0 Å². The highest BCUT2D eigenvalue weighted by atomic mass is 16.5. The van der Waals surface area contributed by atoms with Gasteiger partial charge in [-0.1, -0.05) is 164 Å². The summed E-state index contributed by atoms with van der Waals surface area (Å²) < 4.78 is 17.8. The lowest BCUT2D eigenvalue weighted by atomic mass is 10.0. The van der Waals surface area contributed by atoms with Crippen LogP contribution in [0.15, 0.2) is 273 Å². The largest absolute Gasteiger partial charge is 0.453 e. The molecule has 0 spiro atoms. The van der Waals surface area contributed by atoms with Crippen molar-refractivity contribution in [2.24, 2.45) is 0 Å². The van der Waals surface area contributed by atoms with Crippen LogP contribution in [0.4, 0.5) is 34.6 Å². The molecule has 0 unspecified atom stereocenters. The summed E-state index contributed by atoms with van der Waals surface area (Å²) in [4.78, 5) is 31.6. The molecule has 11 nitrogen and oxygen atoms in total. The number of aromatic nitrogens is 7. The molecule has 17 rings (SSSR count). The number of ether oxygens (including phenoxy) is 2. The molecule has 2 aliphatic rings. The second-order valence-electron chi connectivity index (χ2n) is 20.9. The average Bonchev–Trinajstić information content (AvgIpc) is 2.73. The second-order valence-corrected chi connectivity index (χ2v) is 20.9. The number of benzene rings is 10. The molecule has 0 atom stereocenters. The third-order valence-electron chi connectivity index (χ3n) is 15.9. The Hall–Kier alpha value is -11.7. The lowest BCUT2D eigenvalue weighted by Gasteiger charge is -2.33. The van der Waals surface area contributed by atoms with E-state index in [0.717, 1.165) is 117 Å². The second kappa shape index (κ2) is 19.0. The highest BCUT2D eigenvalue weighted by Crippen LogP contribution is 2.53. The third kappa shape index (κ3) is 7.56. The Morgan fingerprint density at radius 1 is 0.262 bits per heavy atom. The van der Waals surface area contributed by atoms with Crippen LogP contribution in [0, 0.1) is 0 Å². The molecule has 0 radical (unpaired) electrons. The van der Waals surface area contributed by atoms with Crippen molar-refractivity contribution in [3.8, 4) is 79.7 Å². The van der Waals surface area contributed by atoms with Gasteiger partial charge in [-0.15, -0.1) is 0 Å². The topological polar surface area (TPSA) is 99.2 Å². The first-order valence-corrected chi connectivity index (χ1v) is 27.9. The van der Waals surface area contributed by atoms with E-state index >= 15 is 0 Å². The van der Waals surface area contributed by atoms with E-state index in [1.165, 1.54) is 0 Å². The maximum Gasteiger partial charge on any atom is 0.241 e. The highest BCUT2D eigenvalue weighted by Gasteiger charge is 2.33. The molecule has 0 amide bonds. The van der Waals surface area contributed by atoms with Crippen molar-refractivity contribution in [3.63, 3.8) is 0 Å². The zero-order valence-corrected chi connectivity index (χ0v) is 44.8. The van der Waals surface area contributed by atoms with Crippen LogP contribution in [0.1, 0.15) is 0 Å². The Kier molecular flexibility index (Phi) is 10.6. The summed E-state index contributed by atoms with van der Waals surface area (Å²) in [5.41, 5.74) is 15.5. The molecule has 11 heteroatoms. The van der Waals surface area contributed by atoms with Gasteiger partial charge in [0.25, 0.3) is 0 Å². The molecule has 0 saturated heterocycles. The lowest BCUT2D eigenvalue weighted by molar-refractivity contribution is 0.476. The van der Waals surface area contributed by atoms with Crippen LogP contribution >= 0.6 is 0 Å². The summed E-state index contributed by atoms with van der Waals surface area (Å²) in [5, 5.41) is 4.19. The van der Waals surface area contributed by atoms with E-state index < -0.39 is 0 Å². The summed E-state index contributed by atoms with van der Waals surface area (Å²) in [7, 11) is 0. The Balaban J connectivity index is 0.946. The third-order valence-corrected chi connectivity index (χ3v) is 15.9. The quantitative estimate of drug-likeness (QED) is 0.147. The van der Waals surface area contributed by atoms with Gasteiger partial charge < -0.3 is 14.0 Å². The summed E-state index contributed by atoms with van der Waals surface area (Å²) in [5.74, 6) is 3.95. The first kappa shape index (κ1) is 47.1. The molecule has 10 aromatic carbocycles. The summed E-state index contributed by atoms with van der Waals surface area (Å²) in [6, 6.07) is 93.7. The van der Waals surface area contributed by atoms with E-state index in [4.69, 9.17) is 34.4 Å². The normalized spacial score (nSPS) is 12.4. The average molecular weight is 1080 g/mol. The van der Waals surface area contributed by atoms with Crippen molar-refractivity contribution in [3.05, 3.63) is 273 Å². The van der Waals surface area contributed by atoms with E-state index in [1.54, 1.807) is 0 Å². The molecule has 5 aromatic heterocycles. The number of fused-ring (bicyclic) bond motifs is 11. The predicted octanol–water partition coefficient (Wildman–Crippen LogP) is 18.7. The van der Waals surface area contributed by atoms with Gasteiger partial charge in [-0.05, 0) is 109 Å². The van der Waals surface area contributed by atoms with Crippen LogP contribution in [0.3, 0.4) is 0 Å². The Morgan fingerprint density at radius 2 is 0.667 bits per heavy atom. The molecule has 15 aromatic rings. The SMILES string of the molecule is c1ccc(-c2cccc(-c3cc(-c4cccc(-c5ccccc5)n4)cc(-n4c5ccccc5c5c4ccc4c6ccccc6n(-c6nc(N7c8ccccc8Oc8ccccc87)nc(N7c8ccccc8Oc8ccccc87)n6)c45)c3)n2)cc1. The first-order valence-electron chi connectivity index (χ1n) is 27.9. The molecule has 0 bridgehead atoms. The number of hydrogen-bond acceptors (Lipinski definition) is 9. The molecule has 2 aliphatic heterocycles. The molecular weight excluding hydrogens is 1030 g/mol. The number of rotatable bonds is 8. The molecular formula is C73H45N9O2. The number of pyridine rings is 2. The fourth-order valence-corrected chi connectivity index (χ4v) is 12.2. The number of nitrogens with zero attached hydrogens (tertiary/aromatic N) is 9. The van der Waals surface area contributed by atoms with Crippen molar-refractivity contribution in [2.75, 3.05) is 9.80 Å². The highest BCUT2D eigenvalue weighted by molar-refractivity contribution is 6.26. The van der Waals surface area contributed by atoms with Gasteiger partial charge in [0.2, 0.25) is 17.8 Å². The van der Waals surface area contributed by atoms with Crippen LogP contribution in [-0.2, 0) is 0 Å². The smallest absolute Gasteiger partial charge is 0.241 e. The van der Waals surface area contributed by atoms with Gasteiger partial charge in [0.1, 0.15) is 0 Å². The Morgan fingerprint density at radius 3 is 1.17 bits per heavy atom. The van der Waals surface area contributed by atoms with E-state index in [2.05, 4.69) is 183 Å². The molecule has 7 heterocycles. The lowest BCUT2D eigenvalue weighted by Crippen LogP contribution is -2.23. The molecule has 0 saturated carbocycles. The van der Waals surface area contributed by atoms with Gasteiger partial charge in [0, 0.05) is 49.5 Å².